The van der Waals surface area contributed by atoms with Crippen LogP contribution in [0, 0.1) is 5.92 Å². The fraction of sp³-hybridized carbons (Fsp3) is 0.650. The van der Waals surface area contributed by atoms with E-state index in [-0.39, 0.29) is 5.54 Å². The predicted octanol–water partition coefficient (Wildman–Crippen LogP) is 4.55. The van der Waals surface area contributed by atoms with Gasteiger partial charge in [-0.2, -0.15) is 0 Å². The number of thiazole rings is 1. The van der Waals surface area contributed by atoms with Crippen LogP contribution in [-0.4, -0.2) is 35.6 Å². The van der Waals surface area contributed by atoms with Crippen LogP contribution in [0.4, 0.5) is 0 Å². The minimum Gasteiger partial charge on any atom is -0.310 e. The van der Waals surface area contributed by atoms with Crippen LogP contribution in [0.15, 0.2) is 18.2 Å². The summed E-state index contributed by atoms with van der Waals surface area (Å²) < 4.78 is 1.34. The van der Waals surface area contributed by atoms with Gasteiger partial charge in [0.15, 0.2) is 0 Å². The summed E-state index contributed by atoms with van der Waals surface area (Å²) in [7, 11) is 2.24. The first-order valence-corrected chi connectivity index (χ1v) is 10.1. The maximum absolute atomic E-state index is 5.06. The Balaban J connectivity index is 1.62. The molecule has 2 aliphatic rings. The number of benzene rings is 1. The van der Waals surface area contributed by atoms with Crippen molar-refractivity contribution in [2.75, 3.05) is 20.1 Å². The molecular formula is C20H29N3S. The molecule has 2 saturated heterocycles. The second-order valence-corrected chi connectivity index (χ2v) is 9.40. The zero-order valence-corrected chi connectivity index (χ0v) is 16.1. The molecule has 0 amide bonds. The Labute approximate surface area is 149 Å². The zero-order valence-electron chi connectivity index (χ0n) is 15.3. The molecule has 4 heteroatoms. The van der Waals surface area contributed by atoms with Crippen molar-refractivity contribution in [3.05, 3.63) is 28.8 Å². The molecular weight excluding hydrogens is 314 g/mol. The van der Waals surface area contributed by atoms with Gasteiger partial charge in [-0.3, -0.25) is 0 Å². The Bertz CT molecular complexity index is 728. The number of hydrogen-bond donors (Lipinski definition) is 1. The van der Waals surface area contributed by atoms with E-state index in [4.69, 9.17) is 4.98 Å². The second kappa shape index (κ2) is 6.08. The highest BCUT2D eigenvalue weighted by atomic mass is 32.1. The smallest absolute Gasteiger partial charge is 0.0988 e. The minimum atomic E-state index is 0.206. The van der Waals surface area contributed by atoms with E-state index in [0.717, 1.165) is 12.5 Å². The summed E-state index contributed by atoms with van der Waals surface area (Å²) in [4.78, 5) is 7.53. The van der Waals surface area contributed by atoms with Crippen molar-refractivity contribution >= 4 is 21.6 Å². The van der Waals surface area contributed by atoms with Gasteiger partial charge in [0.05, 0.1) is 15.2 Å². The van der Waals surface area contributed by atoms with E-state index in [2.05, 4.69) is 56.2 Å². The number of likely N-dealkylation sites (N-methyl/N-ethyl adjacent to an activating group) is 1. The lowest BCUT2D eigenvalue weighted by Crippen LogP contribution is -2.38. The van der Waals surface area contributed by atoms with Crippen LogP contribution in [0.2, 0.25) is 0 Å². The maximum Gasteiger partial charge on any atom is 0.0988 e. The third-order valence-electron chi connectivity index (χ3n) is 6.38. The fourth-order valence-corrected chi connectivity index (χ4v) is 5.53. The molecule has 0 saturated carbocycles. The average Bonchev–Trinajstić information content (AvgIpc) is 3.08. The molecule has 0 radical (unpaired) electrons. The van der Waals surface area contributed by atoms with Crippen LogP contribution in [-0.2, 0) is 0 Å². The molecule has 2 aliphatic heterocycles. The van der Waals surface area contributed by atoms with Crippen LogP contribution < -0.4 is 5.32 Å². The van der Waals surface area contributed by atoms with Gasteiger partial charge in [0, 0.05) is 17.5 Å². The quantitative estimate of drug-likeness (QED) is 0.867. The second-order valence-electron chi connectivity index (χ2n) is 8.34. The number of rotatable bonds is 2. The van der Waals surface area contributed by atoms with Gasteiger partial charge >= 0.3 is 0 Å². The summed E-state index contributed by atoms with van der Waals surface area (Å²) in [5.74, 6) is 1.36. The summed E-state index contributed by atoms with van der Waals surface area (Å²) in [6.45, 7) is 9.35. The van der Waals surface area contributed by atoms with E-state index in [1.54, 1.807) is 0 Å². The van der Waals surface area contributed by atoms with Gasteiger partial charge in [-0.15, -0.1) is 11.3 Å². The first kappa shape index (κ1) is 16.5. The molecule has 2 fully saturated rings. The van der Waals surface area contributed by atoms with Crippen LogP contribution in [0.25, 0.3) is 10.2 Å². The molecule has 1 aromatic heterocycles. The predicted molar refractivity (Wildman–Crippen MR) is 103 cm³/mol. The molecule has 3 atom stereocenters. The molecule has 3 nitrogen and oxygen atoms in total. The number of aromatic nitrogens is 1. The number of nitrogens with one attached hydrogen (secondary N) is 1. The highest BCUT2D eigenvalue weighted by Crippen LogP contribution is 2.43. The monoisotopic (exact) mass is 343 g/mol. The topological polar surface area (TPSA) is 28.2 Å². The van der Waals surface area contributed by atoms with Crippen molar-refractivity contribution in [1.29, 1.82) is 0 Å². The normalized spacial score (nSPS) is 30.9. The Hall–Kier alpha value is -0.970. The zero-order chi connectivity index (χ0) is 16.9. The summed E-state index contributed by atoms with van der Waals surface area (Å²) in [5.41, 5.74) is 2.81. The molecule has 3 heterocycles. The molecule has 2 aromatic rings. The van der Waals surface area contributed by atoms with E-state index < -0.39 is 0 Å². The Kier molecular flexibility index (Phi) is 4.18. The minimum absolute atomic E-state index is 0.206. The van der Waals surface area contributed by atoms with E-state index in [1.165, 1.54) is 46.6 Å². The number of hydrogen-bond acceptors (Lipinski definition) is 4. The summed E-state index contributed by atoms with van der Waals surface area (Å²) in [6.07, 6.45) is 3.78. The van der Waals surface area contributed by atoms with Crippen LogP contribution in [0.1, 0.15) is 62.6 Å². The highest BCUT2D eigenvalue weighted by molar-refractivity contribution is 7.18. The molecule has 4 rings (SSSR count). The van der Waals surface area contributed by atoms with Gasteiger partial charge in [-0.1, -0.05) is 13.0 Å². The van der Waals surface area contributed by atoms with Crippen molar-refractivity contribution in [2.24, 2.45) is 5.92 Å². The molecule has 0 aliphatic carbocycles. The summed E-state index contributed by atoms with van der Waals surface area (Å²) in [6, 6.07) is 7.43. The lowest BCUT2D eigenvalue weighted by molar-refractivity contribution is 0.201. The Morgan fingerprint density at radius 1 is 1.25 bits per heavy atom. The lowest BCUT2D eigenvalue weighted by Gasteiger charge is -2.32. The van der Waals surface area contributed by atoms with Crippen molar-refractivity contribution in [2.45, 2.75) is 57.5 Å². The Morgan fingerprint density at radius 3 is 2.75 bits per heavy atom. The Morgan fingerprint density at radius 2 is 2.08 bits per heavy atom. The van der Waals surface area contributed by atoms with Gasteiger partial charge in [0.25, 0.3) is 0 Å². The number of piperidine rings is 1. The lowest BCUT2D eigenvalue weighted by atomic mass is 9.89. The van der Waals surface area contributed by atoms with Gasteiger partial charge < -0.3 is 10.2 Å². The van der Waals surface area contributed by atoms with Crippen molar-refractivity contribution < 1.29 is 0 Å². The van der Waals surface area contributed by atoms with Crippen molar-refractivity contribution in [1.82, 2.24) is 15.2 Å². The number of likely N-dealkylation sites (tertiary alicyclic amines) is 1. The van der Waals surface area contributed by atoms with Crippen LogP contribution in [0.3, 0.4) is 0 Å². The fourth-order valence-electron chi connectivity index (χ4n) is 4.27. The first-order chi connectivity index (χ1) is 11.4. The standard InChI is InChI=1S/C20H29N3S/c1-13-5-7-16(21-12-13)14-6-8-18-17(11-14)22-19(24-18)15-9-10-23(4)20(15,2)3/h6,8,11,13,15-16,21H,5,7,9-10,12H2,1-4H3/t13-,15?,16+/m0/s1. The van der Waals surface area contributed by atoms with Gasteiger partial charge in [0.1, 0.15) is 0 Å². The summed E-state index contributed by atoms with van der Waals surface area (Å²) >= 11 is 1.90. The number of nitrogens with zero attached hydrogens (tertiary/aromatic N) is 2. The van der Waals surface area contributed by atoms with Crippen molar-refractivity contribution in [3.63, 3.8) is 0 Å². The third-order valence-corrected chi connectivity index (χ3v) is 7.53. The molecule has 0 spiro atoms. The molecule has 130 valence electrons. The molecule has 1 aromatic carbocycles. The van der Waals surface area contributed by atoms with E-state index >= 15 is 0 Å². The van der Waals surface area contributed by atoms with Crippen molar-refractivity contribution in [3.8, 4) is 0 Å². The van der Waals surface area contributed by atoms with E-state index in [9.17, 15) is 0 Å². The average molecular weight is 344 g/mol. The highest BCUT2D eigenvalue weighted by Gasteiger charge is 2.41. The largest absolute Gasteiger partial charge is 0.310 e. The third kappa shape index (κ3) is 2.79. The van der Waals surface area contributed by atoms with Gasteiger partial charge in [-0.05, 0) is 76.9 Å². The van der Waals surface area contributed by atoms with Gasteiger partial charge in [0.2, 0.25) is 0 Å². The van der Waals surface area contributed by atoms with Crippen LogP contribution in [0.5, 0.6) is 0 Å². The molecule has 0 bridgehead atoms. The van der Waals surface area contributed by atoms with Gasteiger partial charge in [-0.25, -0.2) is 4.98 Å². The molecule has 24 heavy (non-hydrogen) atoms. The summed E-state index contributed by atoms with van der Waals surface area (Å²) in [5, 5.41) is 5.02. The molecule has 1 unspecified atom stereocenters. The molecule has 1 N–H and O–H groups in total. The maximum atomic E-state index is 5.06. The number of fused-ring (bicyclic) bond motifs is 1. The van der Waals surface area contributed by atoms with Crippen LogP contribution >= 0.6 is 11.3 Å². The van der Waals surface area contributed by atoms with E-state index in [0.29, 0.717) is 12.0 Å². The van der Waals surface area contributed by atoms with E-state index in [1.807, 2.05) is 11.3 Å². The first-order valence-electron chi connectivity index (χ1n) is 9.30. The SMILES string of the molecule is C[C@H]1CC[C@H](c2ccc3sc(C4CCN(C)C4(C)C)nc3c2)NC1.